The molecule has 0 radical (unpaired) electrons. The summed E-state index contributed by atoms with van der Waals surface area (Å²) < 4.78 is 135. The number of nitrogens with zero attached hydrogens (tertiary/aromatic N) is 1. The van der Waals surface area contributed by atoms with Crippen LogP contribution in [-0.2, 0) is 15.9 Å². The van der Waals surface area contributed by atoms with Crippen LogP contribution in [-0.4, -0.2) is 109 Å². The maximum absolute atomic E-state index is 13.2. The van der Waals surface area contributed by atoms with Crippen molar-refractivity contribution in [3.8, 4) is 5.75 Å². The molecule has 2 fully saturated rings. The molecule has 1 aromatic rings. The standard InChI is InChI=1S/C41H62F9NO5S2/c1-36(2,58-57-24-8-6-5-7-9-28(26-52)27-53)18-21-54-30-11-13-31-29(25-30)10-12-33-32(31)16-17-37(3)34(33)14-15-35(37)55-22-19-51(4)20-23-56-38(39(42,43)44,40(45,46)47)41(48,49)50/h11,13,25,28,32-35,52-53H,5-10,12,14-24,26-27H2,1-4H3/t32?,33?,34?,35-,37-/m1/s1. The molecule has 0 heterocycles. The highest BCUT2D eigenvalue weighted by molar-refractivity contribution is 8.77. The van der Waals surface area contributed by atoms with Crippen LogP contribution in [0.15, 0.2) is 18.2 Å². The minimum atomic E-state index is -6.75. The zero-order valence-electron chi connectivity index (χ0n) is 34.0. The van der Waals surface area contributed by atoms with E-state index in [4.69, 9.17) is 9.47 Å². The Labute approximate surface area is 345 Å². The number of ether oxygens (including phenoxy) is 3. The second-order valence-corrected chi connectivity index (χ2v) is 20.4. The fourth-order valence-electron chi connectivity index (χ4n) is 9.26. The van der Waals surface area contributed by atoms with Gasteiger partial charge >= 0.3 is 24.1 Å². The van der Waals surface area contributed by atoms with E-state index in [1.165, 1.54) is 23.1 Å². The van der Waals surface area contributed by atoms with Gasteiger partial charge in [0.25, 0.3) is 0 Å². The minimum Gasteiger partial charge on any atom is -0.494 e. The molecule has 3 aliphatic rings. The number of hydrogen-bond acceptors (Lipinski definition) is 8. The Morgan fingerprint density at radius 2 is 1.50 bits per heavy atom. The van der Waals surface area contributed by atoms with Crippen LogP contribution < -0.4 is 4.74 Å². The van der Waals surface area contributed by atoms with E-state index >= 15 is 0 Å². The average Bonchev–Trinajstić information content (AvgIpc) is 3.46. The summed E-state index contributed by atoms with van der Waals surface area (Å²) in [5.41, 5.74) is -3.63. The van der Waals surface area contributed by atoms with Gasteiger partial charge in [0.15, 0.2) is 0 Å². The predicted molar refractivity (Wildman–Crippen MR) is 210 cm³/mol. The summed E-state index contributed by atoms with van der Waals surface area (Å²) in [5, 5.41) is 18.4. The van der Waals surface area contributed by atoms with Crippen LogP contribution in [0.5, 0.6) is 5.75 Å². The molecule has 0 saturated heterocycles. The molecular weight excluding hydrogens is 822 g/mol. The molecule has 2 saturated carbocycles. The highest BCUT2D eigenvalue weighted by Gasteiger charge is 2.85. The molecule has 1 aromatic carbocycles. The molecule has 0 aromatic heterocycles. The molecule has 6 nitrogen and oxygen atoms in total. The lowest BCUT2D eigenvalue weighted by molar-refractivity contribution is -0.457. The first-order chi connectivity index (χ1) is 27.1. The molecule has 3 aliphatic carbocycles. The smallest absolute Gasteiger partial charge is 0.435 e. The summed E-state index contributed by atoms with van der Waals surface area (Å²) in [6.45, 7) is 5.66. The van der Waals surface area contributed by atoms with Gasteiger partial charge in [0.05, 0.1) is 25.9 Å². The van der Waals surface area contributed by atoms with E-state index in [1.807, 2.05) is 21.6 Å². The Morgan fingerprint density at radius 1 is 0.845 bits per heavy atom. The third kappa shape index (κ3) is 12.1. The molecule has 0 spiro atoms. The summed E-state index contributed by atoms with van der Waals surface area (Å²) in [4.78, 5) is 1.30. The van der Waals surface area contributed by atoms with Crippen molar-refractivity contribution in [2.75, 3.05) is 58.9 Å². The molecule has 0 amide bonds. The van der Waals surface area contributed by atoms with Crippen molar-refractivity contribution < 1.29 is 63.9 Å². The Morgan fingerprint density at radius 3 is 2.16 bits per heavy atom. The number of likely N-dealkylation sites (N-methyl/N-ethyl adjacent to an activating group) is 1. The molecule has 0 aliphatic heterocycles. The Kier molecular flexibility index (Phi) is 17.8. The van der Waals surface area contributed by atoms with Gasteiger partial charge in [0.2, 0.25) is 0 Å². The lowest BCUT2D eigenvalue weighted by atomic mass is 9.55. The number of benzene rings is 1. The zero-order valence-corrected chi connectivity index (χ0v) is 35.7. The maximum atomic E-state index is 13.2. The van der Waals surface area contributed by atoms with Crippen LogP contribution in [0, 0.1) is 23.2 Å². The first-order valence-corrected chi connectivity index (χ1v) is 22.8. The lowest BCUT2D eigenvalue weighted by Gasteiger charge is -2.50. The monoisotopic (exact) mass is 883 g/mol. The largest absolute Gasteiger partial charge is 0.494 e. The lowest BCUT2D eigenvalue weighted by Crippen LogP contribution is -2.68. The molecule has 4 rings (SSSR count). The number of unbranched alkanes of at least 4 members (excludes halogenated alkanes) is 3. The van der Waals surface area contributed by atoms with Crippen molar-refractivity contribution in [3.63, 3.8) is 0 Å². The van der Waals surface area contributed by atoms with E-state index in [-0.39, 0.29) is 48.5 Å². The van der Waals surface area contributed by atoms with Gasteiger partial charge in [-0.1, -0.05) is 53.8 Å². The zero-order chi connectivity index (χ0) is 43.0. The van der Waals surface area contributed by atoms with Crippen molar-refractivity contribution in [1.29, 1.82) is 0 Å². The Bertz CT molecular complexity index is 1380. The molecule has 3 unspecified atom stereocenters. The number of aliphatic hydroxyl groups excluding tert-OH is 2. The first-order valence-electron chi connectivity index (χ1n) is 20.5. The molecular formula is C41H62F9NO5S2. The minimum absolute atomic E-state index is 0.00376. The van der Waals surface area contributed by atoms with Crippen LogP contribution in [0.1, 0.15) is 108 Å². The fraction of sp³-hybridized carbons (Fsp3) is 0.854. The van der Waals surface area contributed by atoms with Gasteiger partial charge in [-0.25, -0.2) is 0 Å². The second-order valence-electron chi connectivity index (χ2n) is 17.3. The number of halogens is 9. The summed E-state index contributed by atoms with van der Waals surface area (Å²) in [6, 6.07) is 6.53. The van der Waals surface area contributed by atoms with Crippen LogP contribution in [0.25, 0.3) is 0 Å². The van der Waals surface area contributed by atoms with Crippen molar-refractivity contribution >= 4 is 21.6 Å². The molecule has 58 heavy (non-hydrogen) atoms. The van der Waals surface area contributed by atoms with E-state index < -0.39 is 37.3 Å². The van der Waals surface area contributed by atoms with Gasteiger partial charge in [0.1, 0.15) is 5.75 Å². The summed E-state index contributed by atoms with van der Waals surface area (Å²) >= 11 is 0. The molecule has 0 bridgehead atoms. The summed E-state index contributed by atoms with van der Waals surface area (Å²) in [5.74, 6) is 3.34. The van der Waals surface area contributed by atoms with Crippen LogP contribution in [0.3, 0.4) is 0 Å². The average molecular weight is 884 g/mol. The quantitative estimate of drug-likeness (QED) is 0.0640. The summed E-state index contributed by atoms with van der Waals surface area (Å²) in [6.07, 6.45) is -8.31. The Hall–Kier alpha value is -1.11. The second kappa shape index (κ2) is 20.8. The van der Waals surface area contributed by atoms with E-state index in [1.54, 1.807) is 0 Å². The van der Waals surface area contributed by atoms with Gasteiger partial charge < -0.3 is 29.3 Å². The van der Waals surface area contributed by atoms with Crippen molar-refractivity contribution in [2.45, 2.75) is 139 Å². The van der Waals surface area contributed by atoms with Crippen molar-refractivity contribution in [1.82, 2.24) is 4.90 Å². The molecule has 5 atom stereocenters. The third-order valence-corrected chi connectivity index (χ3v) is 16.2. The Balaban J connectivity index is 1.19. The summed E-state index contributed by atoms with van der Waals surface area (Å²) in [7, 11) is 5.19. The van der Waals surface area contributed by atoms with Gasteiger partial charge in [-0.3, -0.25) is 0 Å². The van der Waals surface area contributed by atoms with Gasteiger partial charge in [-0.05, 0) is 125 Å². The van der Waals surface area contributed by atoms with Gasteiger partial charge in [0, 0.05) is 42.7 Å². The number of aliphatic hydroxyl groups is 2. The van der Waals surface area contributed by atoms with E-state index in [9.17, 15) is 49.7 Å². The SMILES string of the molecule is CN(CCO[C@@H]1CCC2C3CCc4cc(OCCC(C)(C)SSCCCCCCC(CO)CO)ccc4C3CC[C@]21C)CCOC(C(F)(F)F)(C(F)(F)F)C(F)(F)F. The highest BCUT2D eigenvalue weighted by Crippen LogP contribution is 2.62. The molecule has 2 N–H and O–H groups in total. The van der Waals surface area contributed by atoms with E-state index in [0.717, 1.165) is 88.6 Å². The number of rotatable bonds is 23. The van der Waals surface area contributed by atoms with E-state index in [2.05, 4.69) is 43.7 Å². The van der Waals surface area contributed by atoms with Crippen LogP contribution in [0.2, 0.25) is 0 Å². The van der Waals surface area contributed by atoms with Crippen LogP contribution in [0.4, 0.5) is 39.5 Å². The highest BCUT2D eigenvalue weighted by atomic mass is 33.1. The topological polar surface area (TPSA) is 71.4 Å². The maximum Gasteiger partial charge on any atom is 0.435 e. The van der Waals surface area contributed by atoms with Crippen molar-refractivity contribution in [2.24, 2.45) is 23.2 Å². The molecule has 336 valence electrons. The van der Waals surface area contributed by atoms with E-state index in [0.29, 0.717) is 24.4 Å². The normalized spacial score (nSPS) is 24.3. The molecule has 17 heteroatoms. The third-order valence-electron chi connectivity index (χ3n) is 12.8. The number of alkyl halides is 9. The fourth-order valence-corrected chi connectivity index (χ4v) is 12.0. The predicted octanol–water partition coefficient (Wildman–Crippen LogP) is 10.8. The van der Waals surface area contributed by atoms with Gasteiger partial charge in [-0.15, -0.1) is 0 Å². The first kappa shape index (κ1) is 49.5. The number of fused-ring (bicyclic) bond motifs is 5. The van der Waals surface area contributed by atoms with Crippen LogP contribution >= 0.6 is 21.6 Å². The number of aryl methyl sites for hydroxylation is 1. The van der Waals surface area contributed by atoms with Gasteiger partial charge in [-0.2, -0.15) is 39.5 Å². The number of hydrogen-bond donors (Lipinski definition) is 2. The van der Waals surface area contributed by atoms with Crippen molar-refractivity contribution in [3.05, 3.63) is 29.3 Å².